The van der Waals surface area contributed by atoms with Crippen molar-refractivity contribution in [2.24, 2.45) is 0 Å². The lowest BCUT2D eigenvalue weighted by Crippen LogP contribution is -2.19. The summed E-state index contributed by atoms with van der Waals surface area (Å²) in [4.78, 5) is 2.52. The lowest BCUT2D eigenvalue weighted by atomic mass is 10.0. The number of methoxy groups -OCH3 is 1. The summed E-state index contributed by atoms with van der Waals surface area (Å²) in [7, 11) is 1.76. The number of rotatable bonds is 3. The average Bonchev–Trinajstić information content (AvgIpc) is 2.92. The molecule has 1 heterocycles. The summed E-state index contributed by atoms with van der Waals surface area (Å²) in [6.07, 6.45) is 2.65. The van der Waals surface area contributed by atoms with Crippen molar-refractivity contribution in [2.45, 2.75) is 19.4 Å². The van der Waals surface area contributed by atoms with Gasteiger partial charge in [0.25, 0.3) is 0 Å². The molecule has 94 valence electrons. The van der Waals surface area contributed by atoms with Crippen molar-refractivity contribution in [1.82, 2.24) is 4.90 Å². The molecule has 0 unspecified atom stereocenters. The fraction of sp³-hybridized carbons (Fsp3) is 0.375. The maximum absolute atomic E-state index is 5.54. The molecule has 18 heavy (non-hydrogen) atoms. The van der Waals surface area contributed by atoms with Crippen LogP contribution in [0.1, 0.15) is 18.4 Å². The molecule has 1 fully saturated rings. The van der Waals surface area contributed by atoms with Crippen molar-refractivity contribution in [1.29, 1.82) is 0 Å². The van der Waals surface area contributed by atoms with Crippen LogP contribution in [-0.4, -0.2) is 25.1 Å². The molecule has 0 atom stereocenters. The molecule has 0 aromatic heterocycles. The van der Waals surface area contributed by atoms with Gasteiger partial charge < -0.3 is 4.74 Å². The molecule has 2 aromatic carbocycles. The Balaban J connectivity index is 2.05. The van der Waals surface area contributed by atoms with Crippen LogP contribution in [-0.2, 0) is 6.54 Å². The fourth-order valence-corrected chi connectivity index (χ4v) is 2.83. The molecule has 0 aliphatic carbocycles. The quantitative estimate of drug-likeness (QED) is 0.816. The number of hydrogen-bond acceptors (Lipinski definition) is 2. The maximum atomic E-state index is 5.54. The van der Waals surface area contributed by atoms with E-state index in [0.717, 1.165) is 12.3 Å². The van der Waals surface area contributed by atoms with E-state index in [4.69, 9.17) is 4.74 Å². The Morgan fingerprint density at radius 3 is 2.61 bits per heavy atom. The van der Waals surface area contributed by atoms with Crippen LogP contribution in [0.15, 0.2) is 36.4 Å². The molecular formula is C16H19NO. The van der Waals surface area contributed by atoms with E-state index in [9.17, 15) is 0 Å². The highest BCUT2D eigenvalue weighted by Crippen LogP contribution is 2.29. The number of benzene rings is 2. The Hall–Kier alpha value is -1.54. The molecule has 1 aliphatic rings. The summed E-state index contributed by atoms with van der Waals surface area (Å²) < 4.78 is 5.54. The summed E-state index contributed by atoms with van der Waals surface area (Å²) in [5, 5.41) is 2.62. The third-order valence-corrected chi connectivity index (χ3v) is 3.80. The van der Waals surface area contributed by atoms with Crippen molar-refractivity contribution in [3.05, 3.63) is 42.0 Å². The number of nitrogens with zero attached hydrogens (tertiary/aromatic N) is 1. The topological polar surface area (TPSA) is 12.5 Å². The van der Waals surface area contributed by atoms with E-state index < -0.39 is 0 Å². The molecule has 0 bridgehead atoms. The normalized spacial score (nSPS) is 16.3. The highest BCUT2D eigenvalue weighted by molar-refractivity contribution is 5.87. The first-order valence-corrected chi connectivity index (χ1v) is 6.65. The molecule has 0 N–H and O–H groups in total. The maximum Gasteiger partial charge on any atom is 0.123 e. The Morgan fingerprint density at radius 2 is 1.83 bits per heavy atom. The van der Waals surface area contributed by atoms with Crippen molar-refractivity contribution < 1.29 is 4.74 Å². The number of ether oxygens (including phenoxy) is 1. The number of fused-ring (bicyclic) bond motifs is 1. The van der Waals surface area contributed by atoms with Crippen molar-refractivity contribution in [3.63, 3.8) is 0 Å². The minimum absolute atomic E-state index is 1.00. The molecule has 1 saturated heterocycles. The zero-order valence-electron chi connectivity index (χ0n) is 10.9. The molecule has 2 aromatic rings. The molecule has 1 aliphatic heterocycles. The Morgan fingerprint density at radius 1 is 1.06 bits per heavy atom. The van der Waals surface area contributed by atoms with E-state index in [2.05, 4.69) is 41.3 Å². The van der Waals surface area contributed by atoms with Crippen molar-refractivity contribution in [2.75, 3.05) is 20.2 Å². The van der Waals surface area contributed by atoms with Gasteiger partial charge in [-0.2, -0.15) is 0 Å². The minimum atomic E-state index is 1.00. The van der Waals surface area contributed by atoms with Gasteiger partial charge >= 0.3 is 0 Å². The van der Waals surface area contributed by atoms with E-state index in [0.29, 0.717) is 0 Å². The third kappa shape index (κ3) is 2.08. The molecular weight excluding hydrogens is 222 g/mol. The van der Waals surface area contributed by atoms with Crippen LogP contribution in [0.5, 0.6) is 5.75 Å². The Labute approximate surface area is 108 Å². The van der Waals surface area contributed by atoms with Gasteiger partial charge in [0, 0.05) is 12.1 Å². The predicted molar refractivity (Wildman–Crippen MR) is 75.0 cm³/mol. The van der Waals surface area contributed by atoms with E-state index in [1.165, 1.54) is 42.3 Å². The monoisotopic (exact) mass is 241 g/mol. The summed E-state index contributed by atoms with van der Waals surface area (Å²) >= 11 is 0. The van der Waals surface area contributed by atoms with Crippen molar-refractivity contribution in [3.8, 4) is 5.75 Å². The van der Waals surface area contributed by atoms with Gasteiger partial charge in [0.1, 0.15) is 5.75 Å². The van der Waals surface area contributed by atoms with Crippen molar-refractivity contribution >= 4 is 10.8 Å². The first kappa shape index (κ1) is 11.5. The van der Waals surface area contributed by atoms with Gasteiger partial charge in [-0.15, -0.1) is 0 Å². The zero-order chi connectivity index (χ0) is 12.4. The van der Waals surface area contributed by atoms with Gasteiger partial charge in [0.05, 0.1) is 7.11 Å². The average molecular weight is 241 g/mol. The molecule has 2 nitrogen and oxygen atoms in total. The SMILES string of the molecule is COc1ccc2ccccc2c1CN1CCCC1. The van der Waals surface area contributed by atoms with E-state index in [1.54, 1.807) is 7.11 Å². The zero-order valence-corrected chi connectivity index (χ0v) is 10.9. The van der Waals surface area contributed by atoms with Crippen LogP contribution in [0.4, 0.5) is 0 Å². The Kier molecular flexibility index (Phi) is 3.20. The summed E-state index contributed by atoms with van der Waals surface area (Å²) in [5.41, 5.74) is 1.33. The third-order valence-electron chi connectivity index (χ3n) is 3.80. The summed E-state index contributed by atoms with van der Waals surface area (Å²) in [6, 6.07) is 12.8. The van der Waals surface area contributed by atoms with Crippen LogP contribution < -0.4 is 4.74 Å². The van der Waals surface area contributed by atoms with E-state index in [-0.39, 0.29) is 0 Å². The molecule has 0 amide bonds. The van der Waals surface area contributed by atoms with Gasteiger partial charge in [-0.1, -0.05) is 30.3 Å². The van der Waals surface area contributed by atoms with E-state index in [1.807, 2.05) is 0 Å². The molecule has 3 rings (SSSR count). The lowest BCUT2D eigenvalue weighted by molar-refractivity contribution is 0.322. The second kappa shape index (κ2) is 4.99. The summed E-state index contributed by atoms with van der Waals surface area (Å²) in [5.74, 6) is 1.01. The Bertz CT molecular complexity index is 544. The first-order valence-electron chi connectivity index (χ1n) is 6.65. The van der Waals surface area contributed by atoms with Crippen LogP contribution in [0, 0.1) is 0 Å². The van der Waals surface area contributed by atoms with Gasteiger partial charge in [-0.05, 0) is 42.8 Å². The lowest BCUT2D eigenvalue weighted by Gasteiger charge is -2.18. The second-order valence-electron chi connectivity index (χ2n) is 4.95. The fourth-order valence-electron chi connectivity index (χ4n) is 2.83. The predicted octanol–water partition coefficient (Wildman–Crippen LogP) is 3.44. The smallest absolute Gasteiger partial charge is 0.123 e. The molecule has 2 heteroatoms. The van der Waals surface area contributed by atoms with Crippen LogP contribution in [0.3, 0.4) is 0 Å². The first-order chi connectivity index (χ1) is 8.88. The van der Waals surface area contributed by atoms with Crippen LogP contribution >= 0.6 is 0 Å². The minimum Gasteiger partial charge on any atom is -0.496 e. The van der Waals surface area contributed by atoms with Gasteiger partial charge in [0.15, 0.2) is 0 Å². The number of hydrogen-bond donors (Lipinski definition) is 0. The highest BCUT2D eigenvalue weighted by atomic mass is 16.5. The summed E-state index contributed by atoms with van der Waals surface area (Å²) in [6.45, 7) is 3.43. The highest BCUT2D eigenvalue weighted by Gasteiger charge is 2.16. The number of likely N-dealkylation sites (tertiary alicyclic amines) is 1. The van der Waals surface area contributed by atoms with Gasteiger partial charge in [0.2, 0.25) is 0 Å². The molecule has 0 radical (unpaired) electrons. The largest absolute Gasteiger partial charge is 0.496 e. The standard InChI is InChI=1S/C16H19NO/c1-18-16-9-8-13-6-2-3-7-14(13)15(16)12-17-10-4-5-11-17/h2-3,6-9H,4-5,10-12H2,1H3. The van der Waals surface area contributed by atoms with E-state index >= 15 is 0 Å². The van der Waals surface area contributed by atoms with Gasteiger partial charge in [-0.3, -0.25) is 4.90 Å². The molecule has 0 spiro atoms. The van der Waals surface area contributed by atoms with Crippen LogP contribution in [0.25, 0.3) is 10.8 Å². The van der Waals surface area contributed by atoms with Crippen LogP contribution in [0.2, 0.25) is 0 Å². The van der Waals surface area contributed by atoms with Gasteiger partial charge in [-0.25, -0.2) is 0 Å². The second-order valence-corrected chi connectivity index (χ2v) is 4.95. The molecule has 0 saturated carbocycles.